The second kappa shape index (κ2) is 7.68. The number of para-hydroxylation sites is 1. The molecular weight excluding hydrogens is 428 g/mol. The van der Waals surface area contributed by atoms with Crippen molar-refractivity contribution in [3.05, 3.63) is 89.6 Å². The van der Waals surface area contributed by atoms with Crippen molar-refractivity contribution >= 4 is 43.5 Å². The van der Waals surface area contributed by atoms with E-state index in [2.05, 4.69) is 17.1 Å². The predicted octanol–water partition coefficient (Wildman–Crippen LogP) is 8.72. The van der Waals surface area contributed by atoms with Gasteiger partial charge >= 0.3 is 0 Å². The number of aromatic nitrogens is 1. The number of pyridine rings is 1. The number of rotatable bonds is 2. The zero-order valence-electron chi connectivity index (χ0n) is 24.7. The highest BCUT2D eigenvalue weighted by atomic mass is 16.3. The van der Waals surface area contributed by atoms with Crippen molar-refractivity contribution < 1.29 is 11.3 Å². The molecule has 0 radical (unpaired) electrons. The van der Waals surface area contributed by atoms with Crippen molar-refractivity contribution in [3.8, 4) is 17.3 Å². The van der Waals surface area contributed by atoms with E-state index in [-0.39, 0.29) is 11.1 Å². The van der Waals surface area contributed by atoms with Crippen LogP contribution in [-0.2, 0) is 6.37 Å². The minimum absolute atomic E-state index is 0.0920. The van der Waals surface area contributed by atoms with Crippen molar-refractivity contribution in [2.45, 2.75) is 34.0 Å². The van der Waals surface area contributed by atoms with Crippen molar-refractivity contribution in [2.75, 3.05) is 0 Å². The lowest BCUT2D eigenvalue weighted by Gasteiger charge is -2.20. The molecule has 4 aromatic carbocycles. The summed E-state index contributed by atoms with van der Waals surface area (Å²) in [5.41, 5.74) is 2.15. The van der Waals surface area contributed by atoms with Gasteiger partial charge in [-0.1, -0.05) is 51.1 Å². The highest BCUT2D eigenvalue weighted by molar-refractivity contribution is 6.17. The van der Waals surface area contributed by atoms with Crippen LogP contribution in [0.15, 0.2) is 77.3 Å². The Kier molecular flexibility index (Phi) is 3.61. The minimum atomic E-state index is -2.51. The number of benzene rings is 4. The van der Waals surface area contributed by atoms with Gasteiger partial charge in [0.2, 0.25) is 0 Å². The molecule has 170 valence electrons. The van der Waals surface area contributed by atoms with Crippen LogP contribution in [-0.4, -0.2) is 4.98 Å². The molecular formula is C32H26N2O. The van der Waals surface area contributed by atoms with E-state index in [9.17, 15) is 5.26 Å². The highest BCUT2D eigenvalue weighted by Crippen LogP contribution is 2.39. The molecule has 0 spiro atoms. The van der Waals surface area contributed by atoms with Crippen LogP contribution < -0.4 is 0 Å². The van der Waals surface area contributed by atoms with E-state index in [1.165, 1.54) is 6.20 Å². The van der Waals surface area contributed by atoms with Crippen LogP contribution in [0.1, 0.15) is 44.3 Å². The highest BCUT2D eigenvalue weighted by Gasteiger charge is 2.17. The predicted molar refractivity (Wildman–Crippen MR) is 145 cm³/mol. The van der Waals surface area contributed by atoms with Crippen LogP contribution in [0.3, 0.4) is 0 Å². The zero-order valence-corrected chi connectivity index (χ0v) is 19.7. The fourth-order valence-electron chi connectivity index (χ4n) is 4.74. The molecule has 0 unspecified atom stereocenters. The molecule has 6 rings (SSSR count). The van der Waals surface area contributed by atoms with Gasteiger partial charge < -0.3 is 4.42 Å². The van der Waals surface area contributed by atoms with Gasteiger partial charge in [0.1, 0.15) is 11.2 Å². The third-order valence-corrected chi connectivity index (χ3v) is 6.27. The van der Waals surface area contributed by atoms with Gasteiger partial charge in [-0.2, -0.15) is 5.26 Å². The lowest BCUT2D eigenvalue weighted by Crippen LogP contribution is -2.10. The van der Waals surface area contributed by atoms with E-state index in [0.29, 0.717) is 28.0 Å². The molecule has 0 saturated carbocycles. The van der Waals surface area contributed by atoms with Crippen molar-refractivity contribution in [1.29, 1.82) is 5.26 Å². The largest absolute Gasteiger partial charge is 0.455 e. The first-order valence-corrected chi connectivity index (χ1v) is 11.5. The first-order valence-electron chi connectivity index (χ1n) is 14.0. The molecule has 0 atom stereocenters. The maximum absolute atomic E-state index is 9.29. The summed E-state index contributed by atoms with van der Waals surface area (Å²) in [6, 6.07) is 23.3. The van der Waals surface area contributed by atoms with Crippen molar-refractivity contribution in [2.24, 2.45) is 5.41 Å². The summed E-state index contributed by atoms with van der Waals surface area (Å²) in [4.78, 5) is 4.49. The van der Waals surface area contributed by atoms with Crippen LogP contribution in [0.5, 0.6) is 0 Å². The molecule has 0 saturated heterocycles. The average molecular weight is 460 g/mol. The molecule has 0 N–H and O–H groups in total. The molecule has 0 bridgehead atoms. The van der Waals surface area contributed by atoms with Gasteiger partial charge in [0.25, 0.3) is 0 Å². The van der Waals surface area contributed by atoms with Gasteiger partial charge in [0, 0.05) is 29.4 Å². The van der Waals surface area contributed by atoms with Crippen LogP contribution in [0, 0.1) is 23.6 Å². The molecule has 0 aliphatic rings. The van der Waals surface area contributed by atoms with E-state index in [1.54, 1.807) is 26.8 Å². The third kappa shape index (κ3) is 3.63. The summed E-state index contributed by atoms with van der Waals surface area (Å²) >= 11 is 0. The monoisotopic (exact) mass is 459 g/mol. The fraction of sp³-hybridized carbons (Fsp3) is 0.188. The molecule has 3 heteroatoms. The summed E-state index contributed by atoms with van der Waals surface area (Å²) in [6.45, 7) is 2.76. The smallest absolute Gasteiger partial charge is 0.144 e. The first kappa shape index (κ1) is 16.5. The van der Waals surface area contributed by atoms with Gasteiger partial charge in [-0.3, -0.25) is 4.98 Å². The third-order valence-electron chi connectivity index (χ3n) is 6.27. The zero-order chi connectivity index (χ0) is 28.6. The summed E-state index contributed by atoms with van der Waals surface area (Å²) in [6.07, 6.45) is -0.654. The van der Waals surface area contributed by atoms with Crippen LogP contribution in [0.2, 0.25) is 0 Å². The summed E-state index contributed by atoms with van der Waals surface area (Å²) in [5, 5.41) is 15.2. The van der Waals surface area contributed by atoms with Crippen molar-refractivity contribution in [3.63, 3.8) is 0 Å². The topological polar surface area (TPSA) is 49.8 Å². The van der Waals surface area contributed by atoms with Crippen LogP contribution >= 0.6 is 0 Å². The lowest BCUT2D eigenvalue weighted by atomic mass is 9.86. The minimum Gasteiger partial charge on any atom is -0.455 e. The second-order valence-corrected chi connectivity index (χ2v) is 9.96. The Bertz CT molecular complexity index is 2020. The fourth-order valence-corrected chi connectivity index (χ4v) is 4.74. The van der Waals surface area contributed by atoms with Gasteiger partial charge in [-0.05, 0) is 87.7 Å². The summed E-state index contributed by atoms with van der Waals surface area (Å²) in [7, 11) is 0. The lowest BCUT2D eigenvalue weighted by molar-refractivity contribution is 0.410. The molecule has 6 aromatic rings. The van der Waals surface area contributed by atoms with Crippen LogP contribution in [0.25, 0.3) is 54.7 Å². The van der Waals surface area contributed by atoms with Crippen LogP contribution in [0.4, 0.5) is 0 Å². The van der Waals surface area contributed by atoms with E-state index in [1.807, 2.05) is 54.6 Å². The molecule has 3 nitrogen and oxygen atoms in total. The van der Waals surface area contributed by atoms with E-state index in [4.69, 9.17) is 11.3 Å². The standard InChI is InChI=1S/C32H26N2O/c1-19-18-34-29(14-23(19)16-32(2,3)4)26-7-5-6-25-28-13-22-10-9-21-12-20(17-33)8-11-24(21)27(22)15-30(28)35-31(25)26/h5-15,18H,16H2,1-4H3/i1D3,16D2. The Balaban J connectivity index is 1.60. The van der Waals surface area contributed by atoms with Gasteiger partial charge in [0.15, 0.2) is 0 Å². The number of nitriles is 1. The van der Waals surface area contributed by atoms with E-state index < -0.39 is 18.6 Å². The quantitative estimate of drug-likeness (QED) is 0.243. The summed E-state index contributed by atoms with van der Waals surface area (Å²) in [5.74, 6) is 0. The number of nitrogens with zero attached hydrogens (tertiary/aromatic N) is 2. The molecule has 2 heterocycles. The van der Waals surface area contributed by atoms with Gasteiger partial charge in [-0.15, -0.1) is 0 Å². The molecule has 0 aliphatic heterocycles. The first-order chi connectivity index (χ1) is 18.8. The van der Waals surface area contributed by atoms with Crippen molar-refractivity contribution in [1.82, 2.24) is 4.98 Å². The SMILES string of the molecule is [2H]C([2H])([2H])c1cnc(-c2cccc3c2oc2cc4c(ccc5cc(C#N)ccc54)cc23)cc1C([2H])([2H])C(C)(C)C. The molecule has 0 amide bonds. The Morgan fingerprint density at radius 1 is 0.943 bits per heavy atom. The maximum atomic E-state index is 9.29. The van der Waals surface area contributed by atoms with Gasteiger partial charge in [0.05, 0.1) is 17.3 Å². The Hall–Kier alpha value is -4.16. The van der Waals surface area contributed by atoms with Gasteiger partial charge in [-0.25, -0.2) is 0 Å². The normalized spacial score (nSPS) is 15.0. The average Bonchev–Trinajstić information content (AvgIpc) is 3.27. The number of hydrogen-bond acceptors (Lipinski definition) is 3. The number of fused-ring (bicyclic) bond motifs is 6. The maximum Gasteiger partial charge on any atom is 0.144 e. The number of furan rings is 1. The Labute approximate surface area is 211 Å². The van der Waals surface area contributed by atoms with E-state index in [0.717, 1.165) is 32.3 Å². The molecule has 0 aliphatic carbocycles. The molecule has 2 aromatic heterocycles. The second-order valence-electron chi connectivity index (χ2n) is 9.96. The molecule has 0 fully saturated rings. The van der Waals surface area contributed by atoms with E-state index >= 15 is 0 Å². The molecule has 35 heavy (non-hydrogen) atoms. The number of aryl methyl sites for hydroxylation is 1. The number of hydrogen-bond donors (Lipinski definition) is 0. The Morgan fingerprint density at radius 2 is 1.77 bits per heavy atom. The summed E-state index contributed by atoms with van der Waals surface area (Å²) < 4.78 is 48.2. The Morgan fingerprint density at radius 3 is 2.54 bits per heavy atom.